The van der Waals surface area contributed by atoms with E-state index in [2.05, 4.69) is 143 Å². The van der Waals surface area contributed by atoms with E-state index in [0.717, 1.165) is 90.2 Å². The van der Waals surface area contributed by atoms with Gasteiger partial charge in [0.15, 0.2) is 0 Å². The molecule has 4 heterocycles. The van der Waals surface area contributed by atoms with Gasteiger partial charge in [-0.2, -0.15) is 0 Å². The van der Waals surface area contributed by atoms with Crippen LogP contribution in [0.5, 0.6) is 0 Å². The summed E-state index contributed by atoms with van der Waals surface area (Å²) in [4.78, 5) is 17.1. The molecule has 5 heteroatoms. The molecule has 5 nitrogen and oxygen atoms in total. The smallest absolute Gasteiger partial charge is 0.114 e. The normalized spacial score (nSPS) is 12.2. The van der Waals surface area contributed by atoms with Crippen LogP contribution in [0.4, 0.5) is 17.1 Å². The Morgan fingerprint density at radius 1 is 0.568 bits per heavy atom. The van der Waals surface area contributed by atoms with Crippen LogP contribution in [0, 0.1) is 0 Å². The molecule has 0 aliphatic carbocycles. The number of anilines is 3. The first kappa shape index (κ1) is 24.8. The Labute approximate surface area is 254 Å². The second-order valence-corrected chi connectivity index (χ2v) is 11.2. The zero-order chi connectivity index (χ0) is 29.2. The summed E-state index contributed by atoms with van der Waals surface area (Å²) in [7, 11) is 0. The standard InChI is InChI=1S/C39H27N5/c1-2-36-41-32-11-6-12-34-39(32)44(36)35-24-29(20-22-33(35)43(34)30-9-4-3-5-10-30)25-13-15-26(16-14-25)31-21-19-28-18-17-27-8-7-23-40-37(27)38(28)42-31/h3-24H,2H2,1H3. The third kappa shape index (κ3) is 3.69. The Hall–Kier alpha value is -5.81. The predicted octanol–water partition coefficient (Wildman–Crippen LogP) is 9.80. The molecule has 0 saturated carbocycles. The molecule has 208 valence electrons. The summed E-state index contributed by atoms with van der Waals surface area (Å²) in [6, 6.07) is 45.0. The lowest BCUT2D eigenvalue weighted by Gasteiger charge is -2.33. The molecule has 0 spiro atoms. The Morgan fingerprint density at radius 2 is 1.34 bits per heavy atom. The van der Waals surface area contributed by atoms with Crippen molar-refractivity contribution < 1.29 is 0 Å². The minimum Gasteiger partial charge on any atom is -0.306 e. The number of hydrogen-bond acceptors (Lipinski definition) is 4. The van der Waals surface area contributed by atoms with Gasteiger partial charge in [0.25, 0.3) is 0 Å². The minimum atomic E-state index is 0.849. The van der Waals surface area contributed by atoms with Gasteiger partial charge in [-0.25, -0.2) is 9.97 Å². The largest absolute Gasteiger partial charge is 0.306 e. The number of imidazole rings is 1. The molecule has 1 aliphatic heterocycles. The molecule has 0 saturated heterocycles. The fourth-order valence-electron chi connectivity index (χ4n) is 6.61. The number of pyridine rings is 2. The molecular formula is C39H27N5. The highest BCUT2D eigenvalue weighted by Gasteiger charge is 2.28. The number of fused-ring (bicyclic) bond motifs is 5. The third-order valence-corrected chi connectivity index (χ3v) is 8.70. The molecule has 0 N–H and O–H groups in total. The van der Waals surface area contributed by atoms with E-state index in [1.807, 2.05) is 12.3 Å². The van der Waals surface area contributed by atoms with Crippen LogP contribution in [0.1, 0.15) is 12.7 Å². The summed E-state index contributed by atoms with van der Waals surface area (Å²) in [5, 5.41) is 2.19. The average Bonchev–Trinajstić information content (AvgIpc) is 3.48. The van der Waals surface area contributed by atoms with Crippen LogP contribution in [0.25, 0.3) is 60.9 Å². The summed E-state index contributed by atoms with van der Waals surface area (Å²) in [5.74, 6) is 1.07. The molecule has 9 rings (SSSR count). The van der Waals surface area contributed by atoms with Gasteiger partial charge in [-0.15, -0.1) is 0 Å². The number of para-hydroxylation sites is 2. The van der Waals surface area contributed by atoms with Crippen molar-refractivity contribution in [1.29, 1.82) is 0 Å². The molecule has 0 radical (unpaired) electrons. The fourth-order valence-corrected chi connectivity index (χ4v) is 6.61. The van der Waals surface area contributed by atoms with Gasteiger partial charge in [0, 0.05) is 34.6 Å². The molecule has 0 fully saturated rings. The molecule has 0 unspecified atom stereocenters. The van der Waals surface area contributed by atoms with Gasteiger partial charge in [-0.05, 0) is 59.7 Å². The van der Waals surface area contributed by atoms with Crippen molar-refractivity contribution in [2.45, 2.75) is 13.3 Å². The van der Waals surface area contributed by atoms with Gasteiger partial charge >= 0.3 is 0 Å². The molecule has 44 heavy (non-hydrogen) atoms. The van der Waals surface area contributed by atoms with Crippen molar-refractivity contribution in [3.05, 3.63) is 139 Å². The summed E-state index contributed by atoms with van der Waals surface area (Å²) < 4.78 is 2.36. The number of nitrogens with zero attached hydrogens (tertiary/aromatic N) is 5. The van der Waals surface area contributed by atoms with Crippen molar-refractivity contribution in [2.75, 3.05) is 4.90 Å². The number of aryl methyl sites for hydroxylation is 1. The highest BCUT2D eigenvalue weighted by Crippen LogP contribution is 2.48. The highest BCUT2D eigenvalue weighted by molar-refractivity contribution is 6.04. The number of rotatable bonds is 4. The van der Waals surface area contributed by atoms with Gasteiger partial charge in [0.1, 0.15) is 5.82 Å². The van der Waals surface area contributed by atoms with E-state index < -0.39 is 0 Å². The Kier molecular flexibility index (Phi) is 5.41. The molecular weight excluding hydrogens is 538 g/mol. The highest BCUT2D eigenvalue weighted by atomic mass is 15.2. The lowest BCUT2D eigenvalue weighted by Crippen LogP contribution is -2.19. The predicted molar refractivity (Wildman–Crippen MR) is 180 cm³/mol. The zero-order valence-corrected chi connectivity index (χ0v) is 24.1. The molecule has 1 aliphatic rings. The molecule has 8 aromatic rings. The second-order valence-electron chi connectivity index (χ2n) is 11.2. The summed E-state index contributed by atoms with van der Waals surface area (Å²) in [5.41, 5.74) is 12.9. The van der Waals surface area contributed by atoms with Crippen LogP contribution in [0.3, 0.4) is 0 Å². The van der Waals surface area contributed by atoms with E-state index in [0.29, 0.717) is 0 Å². The van der Waals surface area contributed by atoms with Crippen molar-refractivity contribution in [3.8, 4) is 28.1 Å². The van der Waals surface area contributed by atoms with E-state index in [4.69, 9.17) is 9.97 Å². The number of aromatic nitrogens is 4. The van der Waals surface area contributed by atoms with Crippen LogP contribution in [0.2, 0.25) is 0 Å². The van der Waals surface area contributed by atoms with Crippen LogP contribution in [-0.2, 0) is 6.42 Å². The van der Waals surface area contributed by atoms with Crippen LogP contribution >= 0.6 is 0 Å². The molecule has 0 amide bonds. The molecule has 0 atom stereocenters. The Balaban J connectivity index is 1.16. The average molecular weight is 566 g/mol. The molecule has 0 bridgehead atoms. The quantitative estimate of drug-likeness (QED) is 0.199. The summed E-state index contributed by atoms with van der Waals surface area (Å²) >= 11 is 0. The van der Waals surface area contributed by atoms with Crippen molar-refractivity contribution in [2.24, 2.45) is 0 Å². The second kappa shape index (κ2) is 9.61. The Bertz CT molecular complexity index is 2370. The van der Waals surface area contributed by atoms with Gasteiger partial charge in [-0.1, -0.05) is 85.8 Å². The van der Waals surface area contributed by atoms with Crippen LogP contribution in [-0.4, -0.2) is 19.5 Å². The lowest BCUT2D eigenvalue weighted by atomic mass is 9.99. The van der Waals surface area contributed by atoms with Gasteiger partial charge < -0.3 is 4.90 Å². The maximum atomic E-state index is 5.05. The van der Waals surface area contributed by atoms with E-state index in [1.54, 1.807) is 0 Å². The van der Waals surface area contributed by atoms with Crippen molar-refractivity contribution in [1.82, 2.24) is 19.5 Å². The first-order chi connectivity index (χ1) is 21.8. The monoisotopic (exact) mass is 565 g/mol. The van der Waals surface area contributed by atoms with Gasteiger partial charge in [0.05, 0.1) is 44.8 Å². The number of hydrogen-bond donors (Lipinski definition) is 0. The first-order valence-corrected chi connectivity index (χ1v) is 15.0. The maximum absolute atomic E-state index is 5.05. The zero-order valence-electron chi connectivity index (χ0n) is 24.1. The fraction of sp³-hybridized carbons (Fsp3) is 0.0513. The summed E-state index contributed by atoms with van der Waals surface area (Å²) in [6.07, 6.45) is 2.68. The maximum Gasteiger partial charge on any atom is 0.114 e. The first-order valence-electron chi connectivity index (χ1n) is 15.0. The topological polar surface area (TPSA) is 46.8 Å². The van der Waals surface area contributed by atoms with E-state index in [1.165, 1.54) is 0 Å². The SMILES string of the molecule is CCc1nc2cccc3c2n1-c1cc(-c2ccc(-c4ccc5ccc6cccnc6c5n4)cc2)ccc1N3c1ccccc1. The minimum absolute atomic E-state index is 0.849. The molecule has 3 aromatic heterocycles. The van der Waals surface area contributed by atoms with Crippen molar-refractivity contribution >= 4 is 49.9 Å². The van der Waals surface area contributed by atoms with Gasteiger partial charge in [0.2, 0.25) is 0 Å². The van der Waals surface area contributed by atoms with E-state index >= 15 is 0 Å². The van der Waals surface area contributed by atoms with Crippen LogP contribution < -0.4 is 4.90 Å². The molecule has 5 aromatic carbocycles. The van der Waals surface area contributed by atoms with Gasteiger partial charge in [-0.3, -0.25) is 9.55 Å². The van der Waals surface area contributed by atoms with E-state index in [9.17, 15) is 0 Å². The van der Waals surface area contributed by atoms with E-state index in [-0.39, 0.29) is 0 Å². The van der Waals surface area contributed by atoms with Crippen molar-refractivity contribution in [3.63, 3.8) is 0 Å². The lowest BCUT2D eigenvalue weighted by molar-refractivity contribution is 0.900. The summed E-state index contributed by atoms with van der Waals surface area (Å²) in [6.45, 7) is 2.18. The third-order valence-electron chi connectivity index (χ3n) is 8.70. The van der Waals surface area contributed by atoms with Crippen LogP contribution in [0.15, 0.2) is 134 Å². The Morgan fingerprint density at radius 3 is 2.18 bits per heavy atom. The number of benzene rings is 5.